The number of benzene rings is 1. The highest BCUT2D eigenvalue weighted by Crippen LogP contribution is 2.40. The van der Waals surface area contributed by atoms with Crippen molar-refractivity contribution in [1.29, 1.82) is 0 Å². The Morgan fingerprint density at radius 2 is 1.74 bits per heavy atom. The van der Waals surface area contributed by atoms with E-state index in [1.54, 1.807) is 24.3 Å². The maximum Gasteiger partial charge on any atom is 0.231 e. The minimum atomic E-state index is -0.573. The smallest absolute Gasteiger partial charge is 0.231 e. The molecule has 2 fully saturated rings. The van der Waals surface area contributed by atoms with Crippen molar-refractivity contribution in [3.63, 3.8) is 0 Å². The highest BCUT2D eigenvalue weighted by atomic mass is 35.5. The molecular weight excluding hydrogens is 312 g/mol. The lowest BCUT2D eigenvalue weighted by Gasteiger charge is -2.35. The highest BCUT2D eigenvalue weighted by Gasteiger charge is 2.42. The van der Waals surface area contributed by atoms with Crippen LogP contribution in [-0.4, -0.2) is 17.9 Å². The largest absolute Gasteiger partial charge is 0.353 e. The summed E-state index contributed by atoms with van der Waals surface area (Å²) in [5.41, 5.74) is 0.156. The van der Waals surface area contributed by atoms with Crippen molar-refractivity contribution in [3.8, 4) is 0 Å². The number of carbonyl (C=O) groups is 2. The second kappa shape index (κ2) is 6.91. The van der Waals surface area contributed by atoms with Crippen molar-refractivity contribution in [2.75, 3.05) is 5.32 Å². The van der Waals surface area contributed by atoms with Gasteiger partial charge in [-0.2, -0.15) is 0 Å². The summed E-state index contributed by atoms with van der Waals surface area (Å²) in [6.45, 7) is 0. The summed E-state index contributed by atoms with van der Waals surface area (Å²) in [4.78, 5) is 25.1. The Morgan fingerprint density at radius 3 is 2.35 bits per heavy atom. The van der Waals surface area contributed by atoms with Crippen LogP contribution in [0.4, 0.5) is 5.69 Å². The molecule has 23 heavy (non-hydrogen) atoms. The van der Waals surface area contributed by atoms with Gasteiger partial charge in [0.05, 0.1) is 5.41 Å². The lowest BCUT2D eigenvalue weighted by atomic mass is 9.71. The quantitative estimate of drug-likeness (QED) is 0.858. The maximum atomic E-state index is 12.9. The van der Waals surface area contributed by atoms with Crippen LogP contribution >= 0.6 is 11.6 Å². The molecule has 2 saturated carbocycles. The number of hydrogen-bond donors (Lipinski definition) is 2. The minimum Gasteiger partial charge on any atom is -0.353 e. The number of anilines is 1. The van der Waals surface area contributed by atoms with Crippen molar-refractivity contribution in [1.82, 2.24) is 5.32 Å². The van der Waals surface area contributed by atoms with Crippen molar-refractivity contribution in [2.24, 2.45) is 5.41 Å². The molecule has 0 unspecified atom stereocenters. The average Bonchev–Trinajstić information content (AvgIpc) is 3.34. The van der Waals surface area contributed by atoms with Crippen LogP contribution in [0.3, 0.4) is 0 Å². The number of halogens is 1. The number of carbonyl (C=O) groups excluding carboxylic acids is 2. The zero-order valence-electron chi connectivity index (χ0n) is 13.2. The van der Waals surface area contributed by atoms with Crippen molar-refractivity contribution < 1.29 is 9.59 Å². The van der Waals surface area contributed by atoms with E-state index in [0.717, 1.165) is 50.6 Å². The van der Waals surface area contributed by atoms with Crippen LogP contribution < -0.4 is 10.6 Å². The first kappa shape index (κ1) is 16.3. The molecule has 0 bridgehead atoms. The van der Waals surface area contributed by atoms with Gasteiger partial charge in [0.15, 0.2) is 0 Å². The van der Waals surface area contributed by atoms with E-state index in [2.05, 4.69) is 10.6 Å². The van der Waals surface area contributed by atoms with Gasteiger partial charge in [0.1, 0.15) is 0 Å². The lowest BCUT2D eigenvalue weighted by molar-refractivity contribution is -0.134. The van der Waals surface area contributed by atoms with Gasteiger partial charge in [0, 0.05) is 23.2 Å². The summed E-state index contributed by atoms with van der Waals surface area (Å²) in [5, 5.41) is 6.63. The third-order valence-corrected chi connectivity index (χ3v) is 5.09. The summed E-state index contributed by atoms with van der Waals surface area (Å²) < 4.78 is 0. The standard InChI is InChI=1S/C18H23ClN2O2/c19-13-4-6-15(7-5-13)21-17(23)18(10-2-1-3-11-18)12-16(22)20-14-8-9-14/h4-7,14H,1-3,8-12H2,(H,20,22)(H,21,23). The van der Waals surface area contributed by atoms with Gasteiger partial charge in [-0.25, -0.2) is 0 Å². The molecule has 5 heteroatoms. The van der Waals surface area contributed by atoms with Gasteiger partial charge in [-0.15, -0.1) is 0 Å². The van der Waals surface area contributed by atoms with Crippen LogP contribution in [0.2, 0.25) is 5.02 Å². The first-order valence-corrected chi connectivity index (χ1v) is 8.82. The van der Waals surface area contributed by atoms with E-state index >= 15 is 0 Å². The molecule has 0 saturated heterocycles. The molecule has 1 aromatic rings. The molecule has 0 spiro atoms. The molecule has 2 aliphatic rings. The zero-order chi connectivity index (χ0) is 16.3. The van der Waals surface area contributed by atoms with Crippen LogP contribution in [0.15, 0.2) is 24.3 Å². The highest BCUT2D eigenvalue weighted by molar-refractivity contribution is 6.30. The summed E-state index contributed by atoms with van der Waals surface area (Å²) in [7, 11) is 0. The fraction of sp³-hybridized carbons (Fsp3) is 0.556. The Morgan fingerprint density at radius 1 is 1.09 bits per heavy atom. The molecule has 1 aromatic carbocycles. The van der Waals surface area contributed by atoms with Crippen LogP contribution in [-0.2, 0) is 9.59 Å². The molecule has 0 aromatic heterocycles. The van der Waals surface area contributed by atoms with E-state index in [4.69, 9.17) is 11.6 Å². The maximum absolute atomic E-state index is 12.9. The Bertz CT molecular complexity index is 575. The van der Waals surface area contributed by atoms with E-state index in [-0.39, 0.29) is 11.8 Å². The predicted octanol–water partition coefficient (Wildman–Crippen LogP) is 3.90. The molecule has 0 heterocycles. The summed E-state index contributed by atoms with van der Waals surface area (Å²) in [6.07, 6.45) is 7.14. The Hall–Kier alpha value is -1.55. The van der Waals surface area contributed by atoms with Crippen LogP contribution in [0.1, 0.15) is 51.4 Å². The Balaban J connectivity index is 1.69. The number of nitrogens with one attached hydrogen (secondary N) is 2. The van der Waals surface area contributed by atoms with Gasteiger partial charge in [-0.3, -0.25) is 9.59 Å². The number of rotatable bonds is 5. The molecule has 3 rings (SSSR count). The molecule has 4 nitrogen and oxygen atoms in total. The topological polar surface area (TPSA) is 58.2 Å². The van der Waals surface area contributed by atoms with Gasteiger partial charge in [0.2, 0.25) is 11.8 Å². The summed E-state index contributed by atoms with van der Waals surface area (Å²) in [5.74, 6) is -0.0221. The first-order valence-electron chi connectivity index (χ1n) is 8.44. The molecule has 0 atom stereocenters. The molecule has 0 radical (unpaired) electrons. The Kier molecular flexibility index (Phi) is 4.90. The second-order valence-corrected chi connectivity index (χ2v) is 7.26. The average molecular weight is 335 g/mol. The lowest BCUT2D eigenvalue weighted by Crippen LogP contribution is -2.42. The molecule has 2 N–H and O–H groups in total. The van der Waals surface area contributed by atoms with Gasteiger partial charge >= 0.3 is 0 Å². The minimum absolute atomic E-state index is 0.0145. The monoisotopic (exact) mass is 334 g/mol. The third-order valence-electron chi connectivity index (χ3n) is 4.84. The molecule has 124 valence electrons. The molecular formula is C18H23ClN2O2. The fourth-order valence-electron chi connectivity index (χ4n) is 3.32. The Labute approximate surface area is 142 Å². The van der Waals surface area contributed by atoms with Crippen LogP contribution in [0, 0.1) is 5.41 Å². The predicted molar refractivity (Wildman–Crippen MR) is 91.4 cm³/mol. The van der Waals surface area contributed by atoms with E-state index in [0.29, 0.717) is 17.5 Å². The zero-order valence-corrected chi connectivity index (χ0v) is 14.0. The number of amides is 2. The fourth-order valence-corrected chi connectivity index (χ4v) is 3.45. The van der Waals surface area contributed by atoms with Gasteiger partial charge < -0.3 is 10.6 Å². The van der Waals surface area contributed by atoms with Crippen molar-refractivity contribution in [3.05, 3.63) is 29.3 Å². The van der Waals surface area contributed by atoms with E-state index in [9.17, 15) is 9.59 Å². The second-order valence-electron chi connectivity index (χ2n) is 6.82. The van der Waals surface area contributed by atoms with E-state index in [1.165, 1.54) is 0 Å². The SMILES string of the molecule is O=C(CC1(C(=O)Nc2ccc(Cl)cc2)CCCCC1)NC1CC1. The molecule has 2 aliphatic carbocycles. The van der Waals surface area contributed by atoms with Crippen molar-refractivity contribution in [2.45, 2.75) is 57.4 Å². The van der Waals surface area contributed by atoms with Crippen molar-refractivity contribution >= 4 is 29.1 Å². The van der Waals surface area contributed by atoms with Gasteiger partial charge in [0.25, 0.3) is 0 Å². The van der Waals surface area contributed by atoms with Gasteiger partial charge in [-0.1, -0.05) is 30.9 Å². The number of hydrogen-bond acceptors (Lipinski definition) is 2. The summed E-state index contributed by atoms with van der Waals surface area (Å²) in [6, 6.07) is 7.43. The first-order chi connectivity index (χ1) is 11.1. The molecule has 2 amide bonds. The third kappa shape index (κ3) is 4.25. The molecule has 0 aliphatic heterocycles. The summed E-state index contributed by atoms with van der Waals surface area (Å²) >= 11 is 5.88. The van der Waals surface area contributed by atoms with Gasteiger partial charge in [-0.05, 0) is 49.9 Å². The van der Waals surface area contributed by atoms with E-state index in [1.807, 2.05) is 0 Å². The van der Waals surface area contributed by atoms with Crippen LogP contribution in [0.5, 0.6) is 0 Å². The normalized spacial score (nSPS) is 19.9. The van der Waals surface area contributed by atoms with E-state index < -0.39 is 5.41 Å². The van der Waals surface area contributed by atoms with Crippen LogP contribution in [0.25, 0.3) is 0 Å².